The van der Waals surface area contributed by atoms with Gasteiger partial charge >= 0.3 is 0 Å². The monoisotopic (exact) mass is 306 g/mol. The number of carbonyl (C=O) groups is 1. The van der Waals surface area contributed by atoms with Gasteiger partial charge in [-0.3, -0.25) is 4.79 Å². The molecule has 1 saturated carbocycles. The van der Waals surface area contributed by atoms with Crippen molar-refractivity contribution < 1.29 is 4.79 Å². The van der Waals surface area contributed by atoms with Crippen LogP contribution in [0.3, 0.4) is 0 Å². The number of halogens is 1. The van der Waals surface area contributed by atoms with Gasteiger partial charge in [0.2, 0.25) is 0 Å². The predicted molar refractivity (Wildman–Crippen MR) is 73.6 cm³/mol. The van der Waals surface area contributed by atoms with Crippen molar-refractivity contribution in [2.24, 2.45) is 5.92 Å². The average molecular weight is 307 g/mol. The summed E-state index contributed by atoms with van der Waals surface area (Å²) in [6, 6.07) is 12.2. The maximum absolute atomic E-state index is 12.2. The molecule has 2 unspecified atom stereocenters. The lowest BCUT2D eigenvalue weighted by atomic mass is 10.1. The number of Topliss-reactive ketones (excluding diaryl/α,β-unsaturated/α-hetero) is 1. The van der Waals surface area contributed by atoms with Crippen molar-refractivity contribution in [3.63, 3.8) is 0 Å². The van der Waals surface area contributed by atoms with E-state index in [1.165, 1.54) is 5.56 Å². The quantitative estimate of drug-likeness (QED) is 0.763. The molecule has 86 valence electrons. The first kappa shape index (κ1) is 11.2. The van der Waals surface area contributed by atoms with E-state index >= 15 is 0 Å². The third kappa shape index (κ3) is 2.22. The van der Waals surface area contributed by atoms with Gasteiger partial charge in [-0.25, -0.2) is 0 Å². The van der Waals surface area contributed by atoms with Crippen LogP contribution in [-0.4, -0.2) is 5.78 Å². The van der Waals surface area contributed by atoms with E-state index in [0.717, 1.165) is 15.8 Å². The molecule has 2 aromatic rings. The molecule has 3 heteroatoms. The standard InChI is InChI=1S/C14H11BrOS/c15-13-6-10(8-17-13)14(16)12-7-11(12)9-4-2-1-3-5-9/h1-6,8,11-12H,7H2. The van der Waals surface area contributed by atoms with Gasteiger partial charge in [-0.05, 0) is 39.9 Å². The molecule has 0 aliphatic heterocycles. The highest BCUT2D eigenvalue weighted by Gasteiger charge is 2.44. The highest BCUT2D eigenvalue weighted by Crippen LogP contribution is 2.49. The summed E-state index contributed by atoms with van der Waals surface area (Å²) in [5.41, 5.74) is 2.14. The van der Waals surface area contributed by atoms with E-state index in [4.69, 9.17) is 0 Å². The van der Waals surface area contributed by atoms with E-state index in [1.807, 2.05) is 29.6 Å². The van der Waals surface area contributed by atoms with Crippen LogP contribution in [0.1, 0.15) is 28.3 Å². The Morgan fingerprint density at radius 2 is 2.06 bits per heavy atom. The van der Waals surface area contributed by atoms with E-state index in [9.17, 15) is 4.79 Å². The molecule has 1 aliphatic carbocycles. The molecule has 3 rings (SSSR count). The van der Waals surface area contributed by atoms with Crippen LogP contribution >= 0.6 is 27.3 Å². The molecular formula is C14H11BrOS. The Kier molecular flexibility index (Phi) is 2.89. The Labute approximate surface area is 113 Å². The van der Waals surface area contributed by atoms with Crippen LogP contribution in [0.5, 0.6) is 0 Å². The highest BCUT2D eigenvalue weighted by atomic mass is 79.9. The number of rotatable bonds is 3. The fourth-order valence-electron chi connectivity index (χ4n) is 2.21. The Morgan fingerprint density at radius 3 is 2.71 bits per heavy atom. The molecular weight excluding hydrogens is 296 g/mol. The zero-order chi connectivity index (χ0) is 11.8. The Morgan fingerprint density at radius 1 is 1.29 bits per heavy atom. The minimum absolute atomic E-state index is 0.193. The van der Waals surface area contributed by atoms with Crippen LogP contribution in [0.2, 0.25) is 0 Å². The van der Waals surface area contributed by atoms with E-state index in [-0.39, 0.29) is 5.92 Å². The first-order chi connectivity index (χ1) is 8.25. The van der Waals surface area contributed by atoms with Crippen molar-refractivity contribution in [1.29, 1.82) is 0 Å². The van der Waals surface area contributed by atoms with Crippen molar-refractivity contribution in [1.82, 2.24) is 0 Å². The van der Waals surface area contributed by atoms with Gasteiger partial charge < -0.3 is 0 Å². The molecule has 0 bridgehead atoms. The van der Waals surface area contributed by atoms with Crippen LogP contribution < -0.4 is 0 Å². The van der Waals surface area contributed by atoms with E-state index < -0.39 is 0 Å². The van der Waals surface area contributed by atoms with Crippen LogP contribution in [-0.2, 0) is 0 Å². The summed E-state index contributed by atoms with van der Waals surface area (Å²) in [5, 5.41) is 1.94. The number of benzene rings is 1. The van der Waals surface area contributed by atoms with Gasteiger partial charge in [-0.2, -0.15) is 0 Å². The van der Waals surface area contributed by atoms with Gasteiger partial charge in [-0.1, -0.05) is 30.3 Å². The molecule has 1 aliphatic rings. The maximum Gasteiger partial charge on any atom is 0.167 e. The van der Waals surface area contributed by atoms with Crippen LogP contribution in [0.4, 0.5) is 0 Å². The number of thiophene rings is 1. The minimum atomic E-state index is 0.193. The second-order valence-electron chi connectivity index (χ2n) is 4.36. The molecule has 0 amide bonds. The zero-order valence-electron chi connectivity index (χ0n) is 9.10. The highest BCUT2D eigenvalue weighted by molar-refractivity contribution is 9.11. The molecule has 0 N–H and O–H groups in total. The first-order valence-corrected chi connectivity index (χ1v) is 7.26. The lowest BCUT2D eigenvalue weighted by Gasteiger charge is -1.98. The summed E-state index contributed by atoms with van der Waals surface area (Å²) in [5.74, 6) is 0.919. The lowest BCUT2D eigenvalue weighted by molar-refractivity contribution is 0.0965. The summed E-state index contributed by atoms with van der Waals surface area (Å²) in [6.45, 7) is 0. The zero-order valence-corrected chi connectivity index (χ0v) is 11.5. The lowest BCUT2D eigenvalue weighted by Crippen LogP contribution is -2.01. The molecule has 17 heavy (non-hydrogen) atoms. The largest absolute Gasteiger partial charge is 0.294 e. The number of ketones is 1. The molecule has 0 spiro atoms. The molecule has 2 atom stereocenters. The van der Waals surface area contributed by atoms with Crippen molar-refractivity contribution in [3.05, 3.63) is 56.7 Å². The van der Waals surface area contributed by atoms with Crippen LogP contribution in [0.15, 0.2) is 45.6 Å². The van der Waals surface area contributed by atoms with Gasteiger partial charge in [0.15, 0.2) is 5.78 Å². The Hall–Kier alpha value is -0.930. The summed E-state index contributed by atoms with van der Waals surface area (Å²) in [7, 11) is 0. The minimum Gasteiger partial charge on any atom is -0.294 e. The van der Waals surface area contributed by atoms with Crippen molar-refractivity contribution in [3.8, 4) is 0 Å². The third-order valence-electron chi connectivity index (χ3n) is 3.21. The summed E-state index contributed by atoms with van der Waals surface area (Å²) < 4.78 is 1.03. The smallest absolute Gasteiger partial charge is 0.167 e. The van der Waals surface area contributed by atoms with Crippen LogP contribution in [0, 0.1) is 5.92 Å². The average Bonchev–Trinajstić information content (AvgIpc) is 3.05. The number of carbonyl (C=O) groups excluding carboxylic acids is 1. The van der Waals surface area contributed by atoms with Gasteiger partial charge in [0.05, 0.1) is 3.79 Å². The van der Waals surface area contributed by atoms with Crippen molar-refractivity contribution in [2.45, 2.75) is 12.3 Å². The van der Waals surface area contributed by atoms with Gasteiger partial charge in [0.1, 0.15) is 0 Å². The predicted octanol–water partition coefficient (Wildman–Crippen LogP) is 4.50. The molecule has 0 radical (unpaired) electrons. The number of hydrogen-bond acceptors (Lipinski definition) is 2. The molecule has 1 nitrogen and oxygen atoms in total. The van der Waals surface area contributed by atoms with Crippen molar-refractivity contribution in [2.75, 3.05) is 0 Å². The van der Waals surface area contributed by atoms with Gasteiger partial charge in [0, 0.05) is 16.9 Å². The van der Waals surface area contributed by atoms with Gasteiger partial charge in [-0.15, -0.1) is 11.3 Å². The molecule has 1 heterocycles. The topological polar surface area (TPSA) is 17.1 Å². The number of hydrogen-bond donors (Lipinski definition) is 0. The maximum atomic E-state index is 12.2. The molecule has 0 saturated heterocycles. The molecule has 1 fully saturated rings. The second-order valence-corrected chi connectivity index (χ2v) is 6.65. The second kappa shape index (κ2) is 4.39. The summed E-state index contributed by atoms with van der Waals surface area (Å²) in [4.78, 5) is 12.2. The first-order valence-electron chi connectivity index (χ1n) is 5.59. The summed E-state index contributed by atoms with van der Waals surface area (Å²) in [6.07, 6.45) is 0.996. The third-order valence-corrected chi connectivity index (χ3v) is 4.71. The fraction of sp³-hybridized carbons (Fsp3) is 0.214. The Balaban J connectivity index is 1.75. The molecule has 1 aromatic heterocycles. The van der Waals surface area contributed by atoms with Gasteiger partial charge in [0.25, 0.3) is 0 Å². The normalized spacial score (nSPS) is 22.4. The Bertz CT molecular complexity index is 546. The van der Waals surface area contributed by atoms with Crippen molar-refractivity contribution >= 4 is 33.0 Å². The fourth-order valence-corrected chi connectivity index (χ4v) is 3.35. The van der Waals surface area contributed by atoms with E-state index in [2.05, 4.69) is 28.1 Å². The molecule has 1 aromatic carbocycles. The van der Waals surface area contributed by atoms with E-state index in [1.54, 1.807) is 11.3 Å². The van der Waals surface area contributed by atoms with E-state index in [0.29, 0.717) is 11.7 Å². The SMILES string of the molecule is O=C(c1csc(Br)c1)C1CC1c1ccccc1. The summed E-state index contributed by atoms with van der Waals surface area (Å²) >= 11 is 4.97. The van der Waals surface area contributed by atoms with Crippen LogP contribution in [0.25, 0.3) is 0 Å².